The van der Waals surface area contributed by atoms with Gasteiger partial charge in [0.25, 0.3) is 5.91 Å². The summed E-state index contributed by atoms with van der Waals surface area (Å²) in [5.74, 6) is 0.0763. The van der Waals surface area contributed by atoms with Gasteiger partial charge in [-0.05, 0) is 18.4 Å². The molecule has 2 rings (SSSR count). The van der Waals surface area contributed by atoms with Crippen molar-refractivity contribution in [2.45, 2.75) is 39.8 Å². The molecular weight excluding hydrogens is 332 g/mol. The molecule has 2 aromatic rings. The number of amides is 3. The van der Waals surface area contributed by atoms with Gasteiger partial charge in [-0.3, -0.25) is 4.79 Å². The highest BCUT2D eigenvalue weighted by atomic mass is 16.3. The Bertz CT molecular complexity index is 700. The van der Waals surface area contributed by atoms with Gasteiger partial charge in [0.05, 0.1) is 6.54 Å². The molecule has 7 nitrogen and oxygen atoms in total. The molecule has 0 radical (unpaired) electrons. The number of nitrogens with one attached hydrogen (secondary N) is 2. The van der Waals surface area contributed by atoms with Crippen LogP contribution in [0.1, 0.15) is 48.6 Å². The van der Waals surface area contributed by atoms with Crippen LogP contribution < -0.4 is 10.6 Å². The van der Waals surface area contributed by atoms with Gasteiger partial charge in [-0.2, -0.15) is 0 Å². The summed E-state index contributed by atoms with van der Waals surface area (Å²) in [7, 11) is 0. The number of rotatable bonds is 9. The van der Waals surface area contributed by atoms with Crippen LogP contribution >= 0.6 is 0 Å². The van der Waals surface area contributed by atoms with E-state index in [1.807, 2.05) is 44.2 Å². The van der Waals surface area contributed by atoms with Crippen molar-refractivity contribution in [2.24, 2.45) is 0 Å². The lowest BCUT2D eigenvalue weighted by Gasteiger charge is -2.21. The third-order valence-corrected chi connectivity index (χ3v) is 3.71. The predicted molar refractivity (Wildman–Crippen MR) is 98.5 cm³/mol. The molecule has 0 saturated carbocycles. The first kappa shape index (κ1) is 19.5. The third kappa shape index (κ3) is 5.91. The largest absolute Gasteiger partial charge is 0.446 e. The molecule has 0 saturated heterocycles. The maximum atomic E-state index is 12.5. The minimum atomic E-state index is -0.266. The minimum Gasteiger partial charge on any atom is -0.446 e. The van der Waals surface area contributed by atoms with Crippen LogP contribution in [0.2, 0.25) is 0 Å². The van der Waals surface area contributed by atoms with E-state index in [1.165, 1.54) is 6.26 Å². The van der Waals surface area contributed by atoms with Gasteiger partial charge in [-0.25, -0.2) is 9.78 Å². The van der Waals surface area contributed by atoms with Gasteiger partial charge < -0.3 is 20.0 Å². The number of carbonyl (C=O) groups is 2. The molecule has 26 heavy (non-hydrogen) atoms. The molecule has 1 aromatic carbocycles. The second-order valence-electron chi connectivity index (χ2n) is 5.95. The lowest BCUT2D eigenvalue weighted by atomic mass is 10.2. The zero-order valence-corrected chi connectivity index (χ0v) is 15.3. The van der Waals surface area contributed by atoms with Gasteiger partial charge in [-0.1, -0.05) is 44.2 Å². The van der Waals surface area contributed by atoms with Gasteiger partial charge in [-0.15, -0.1) is 0 Å². The van der Waals surface area contributed by atoms with Crippen molar-refractivity contribution in [3.8, 4) is 0 Å². The Hall–Kier alpha value is -2.83. The molecule has 0 aliphatic heterocycles. The number of nitrogens with zero attached hydrogens (tertiary/aromatic N) is 2. The summed E-state index contributed by atoms with van der Waals surface area (Å²) < 4.78 is 5.36. The van der Waals surface area contributed by atoms with Gasteiger partial charge in [0.15, 0.2) is 5.69 Å². The normalized spacial score (nSPS) is 10.4. The number of hydrogen-bond acceptors (Lipinski definition) is 4. The second kappa shape index (κ2) is 10.2. The van der Waals surface area contributed by atoms with Crippen LogP contribution in [-0.2, 0) is 13.1 Å². The topological polar surface area (TPSA) is 87.5 Å². The van der Waals surface area contributed by atoms with Crippen molar-refractivity contribution in [3.63, 3.8) is 0 Å². The first-order valence-electron chi connectivity index (χ1n) is 8.93. The molecule has 0 fully saturated rings. The quantitative estimate of drug-likeness (QED) is 0.721. The fraction of sp³-hybridized carbons (Fsp3) is 0.421. The van der Waals surface area contributed by atoms with E-state index in [1.54, 1.807) is 4.90 Å². The Morgan fingerprint density at radius 3 is 2.58 bits per heavy atom. The van der Waals surface area contributed by atoms with E-state index in [-0.39, 0.29) is 24.2 Å². The van der Waals surface area contributed by atoms with Crippen molar-refractivity contribution >= 4 is 11.9 Å². The SMILES string of the molecule is CCCNC(=O)c1coc(CN(CCC)C(=O)NCc2ccccc2)n1. The number of urea groups is 1. The van der Waals surface area contributed by atoms with Gasteiger partial charge in [0, 0.05) is 19.6 Å². The standard InChI is InChI=1S/C19H26N4O3/c1-3-10-20-18(24)16-14-26-17(22-16)13-23(11-4-2)19(25)21-12-15-8-6-5-7-9-15/h5-9,14H,3-4,10-13H2,1-2H3,(H,20,24)(H,21,25). The molecule has 3 amide bonds. The molecule has 0 bridgehead atoms. The smallest absolute Gasteiger partial charge is 0.318 e. The maximum absolute atomic E-state index is 12.5. The first-order valence-corrected chi connectivity index (χ1v) is 8.93. The molecular formula is C19H26N4O3. The lowest BCUT2D eigenvalue weighted by Crippen LogP contribution is -2.39. The van der Waals surface area contributed by atoms with E-state index >= 15 is 0 Å². The average molecular weight is 358 g/mol. The molecule has 0 aliphatic carbocycles. The molecule has 1 heterocycles. The van der Waals surface area contributed by atoms with E-state index in [2.05, 4.69) is 15.6 Å². The highest BCUT2D eigenvalue weighted by Gasteiger charge is 2.18. The number of hydrogen-bond donors (Lipinski definition) is 2. The molecule has 0 atom stereocenters. The van der Waals surface area contributed by atoms with Crippen LogP contribution in [0.25, 0.3) is 0 Å². The fourth-order valence-electron chi connectivity index (χ4n) is 2.39. The molecule has 0 aliphatic rings. The number of carbonyl (C=O) groups excluding carboxylic acids is 2. The molecule has 0 spiro atoms. The van der Waals surface area contributed by atoms with Gasteiger partial charge in [0.2, 0.25) is 5.89 Å². The highest BCUT2D eigenvalue weighted by Crippen LogP contribution is 2.08. The van der Waals surface area contributed by atoms with Crippen LogP contribution in [0.5, 0.6) is 0 Å². The summed E-state index contributed by atoms with van der Waals surface area (Å²) in [6.07, 6.45) is 2.98. The summed E-state index contributed by atoms with van der Waals surface area (Å²) >= 11 is 0. The van der Waals surface area contributed by atoms with Gasteiger partial charge in [0.1, 0.15) is 6.26 Å². The zero-order valence-electron chi connectivity index (χ0n) is 15.3. The van der Waals surface area contributed by atoms with Crippen molar-refractivity contribution in [1.29, 1.82) is 0 Å². The van der Waals surface area contributed by atoms with Crippen molar-refractivity contribution in [2.75, 3.05) is 13.1 Å². The Kier molecular flexibility index (Phi) is 7.67. The van der Waals surface area contributed by atoms with Crippen molar-refractivity contribution in [3.05, 3.63) is 53.7 Å². The Morgan fingerprint density at radius 1 is 1.12 bits per heavy atom. The Labute approximate surface area is 153 Å². The molecule has 0 unspecified atom stereocenters. The molecule has 7 heteroatoms. The third-order valence-electron chi connectivity index (χ3n) is 3.71. The molecule has 1 aromatic heterocycles. The monoisotopic (exact) mass is 358 g/mol. The van der Waals surface area contributed by atoms with E-state index in [0.717, 1.165) is 18.4 Å². The van der Waals surface area contributed by atoms with Crippen LogP contribution in [0.3, 0.4) is 0 Å². The maximum Gasteiger partial charge on any atom is 0.318 e. The summed E-state index contributed by atoms with van der Waals surface area (Å²) in [5.41, 5.74) is 1.26. The zero-order chi connectivity index (χ0) is 18.8. The van der Waals surface area contributed by atoms with E-state index in [9.17, 15) is 9.59 Å². The number of benzene rings is 1. The van der Waals surface area contributed by atoms with Crippen molar-refractivity contribution in [1.82, 2.24) is 20.5 Å². The molecule has 2 N–H and O–H groups in total. The van der Waals surface area contributed by atoms with Crippen LogP contribution in [0, 0.1) is 0 Å². The van der Waals surface area contributed by atoms with Crippen LogP contribution in [0.15, 0.2) is 41.0 Å². The number of aromatic nitrogens is 1. The minimum absolute atomic E-state index is 0.189. The Morgan fingerprint density at radius 2 is 1.88 bits per heavy atom. The van der Waals surface area contributed by atoms with Crippen LogP contribution in [-0.4, -0.2) is 34.9 Å². The highest BCUT2D eigenvalue weighted by molar-refractivity contribution is 5.91. The van der Waals surface area contributed by atoms with Crippen molar-refractivity contribution < 1.29 is 14.0 Å². The predicted octanol–water partition coefficient (Wildman–Crippen LogP) is 2.94. The van der Waals surface area contributed by atoms with Gasteiger partial charge >= 0.3 is 6.03 Å². The summed E-state index contributed by atoms with van der Waals surface area (Å²) in [6, 6.07) is 9.53. The average Bonchev–Trinajstić information content (AvgIpc) is 3.13. The number of oxazole rings is 1. The lowest BCUT2D eigenvalue weighted by molar-refractivity contribution is 0.0948. The van der Waals surface area contributed by atoms with E-state index in [4.69, 9.17) is 4.42 Å². The fourth-order valence-corrected chi connectivity index (χ4v) is 2.39. The first-order chi connectivity index (χ1) is 12.6. The second-order valence-corrected chi connectivity index (χ2v) is 5.95. The van der Waals surface area contributed by atoms with E-state index in [0.29, 0.717) is 25.5 Å². The molecule has 140 valence electrons. The Balaban J connectivity index is 1.93. The summed E-state index contributed by atoms with van der Waals surface area (Å²) in [6.45, 7) is 5.80. The van der Waals surface area contributed by atoms with E-state index < -0.39 is 0 Å². The van der Waals surface area contributed by atoms with Crippen LogP contribution in [0.4, 0.5) is 4.79 Å². The summed E-state index contributed by atoms with van der Waals surface area (Å²) in [4.78, 5) is 30.2. The summed E-state index contributed by atoms with van der Waals surface area (Å²) in [5, 5.41) is 5.65.